The molecular weight excluding hydrogens is 300 g/mol. The quantitative estimate of drug-likeness (QED) is 0.801. The van der Waals surface area contributed by atoms with Crippen LogP contribution in [0.5, 0.6) is 5.75 Å². The van der Waals surface area contributed by atoms with Gasteiger partial charge in [-0.15, -0.1) is 0 Å². The summed E-state index contributed by atoms with van der Waals surface area (Å²) < 4.78 is 7.41. The normalized spacial score (nSPS) is 16.1. The smallest absolute Gasteiger partial charge is 0.226 e. The van der Waals surface area contributed by atoms with Crippen molar-refractivity contribution in [3.05, 3.63) is 77.6 Å². The predicted octanol–water partition coefficient (Wildman–Crippen LogP) is 3.65. The van der Waals surface area contributed by atoms with Crippen molar-refractivity contribution in [1.29, 1.82) is 0 Å². The summed E-state index contributed by atoms with van der Waals surface area (Å²) in [5, 5.41) is 7.73. The van der Waals surface area contributed by atoms with Gasteiger partial charge in [0.1, 0.15) is 18.1 Å². The number of aryl methyl sites for hydroxylation is 1. The van der Waals surface area contributed by atoms with Crippen LogP contribution in [0.25, 0.3) is 5.70 Å². The monoisotopic (exact) mass is 318 g/mol. The maximum atomic E-state index is 5.54. The molecule has 0 unspecified atom stereocenters. The molecule has 3 aromatic rings. The van der Waals surface area contributed by atoms with Crippen molar-refractivity contribution in [3.63, 3.8) is 0 Å². The number of hydrogen-bond acceptors (Lipinski definition) is 4. The maximum Gasteiger partial charge on any atom is 0.226 e. The Morgan fingerprint density at radius 1 is 1.08 bits per heavy atom. The predicted molar refractivity (Wildman–Crippen MR) is 93.9 cm³/mol. The van der Waals surface area contributed by atoms with E-state index >= 15 is 0 Å². The van der Waals surface area contributed by atoms with Gasteiger partial charge < -0.3 is 10.1 Å². The lowest BCUT2D eigenvalue weighted by Crippen LogP contribution is -2.20. The highest BCUT2D eigenvalue weighted by Gasteiger charge is 2.25. The lowest BCUT2D eigenvalue weighted by Gasteiger charge is -2.25. The van der Waals surface area contributed by atoms with Crippen molar-refractivity contribution < 1.29 is 4.74 Å². The molecule has 1 aliphatic heterocycles. The summed E-state index contributed by atoms with van der Waals surface area (Å²) in [5.74, 6) is 1.56. The highest BCUT2D eigenvalue weighted by Crippen LogP contribution is 2.35. The van der Waals surface area contributed by atoms with Crippen LogP contribution in [0.15, 0.2) is 60.9 Å². The summed E-state index contributed by atoms with van der Waals surface area (Å²) in [4.78, 5) is 4.34. The van der Waals surface area contributed by atoms with Crippen molar-refractivity contribution in [2.45, 2.75) is 13.0 Å². The SMILES string of the molecule is COc1ccccc1[C@H]1C=C(c2ccc(C)cc2)Nc2ncnn21. The van der Waals surface area contributed by atoms with Crippen molar-refractivity contribution in [2.24, 2.45) is 0 Å². The number of fused-ring (bicyclic) bond motifs is 1. The van der Waals surface area contributed by atoms with Crippen molar-refractivity contribution in [2.75, 3.05) is 12.4 Å². The van der Waals surface area contributed by atoms with Crippen LogP contribution in [0.4, 0.5) is 5.95 Å². The van der Waals surface area contributed by atoms with Crippen LogP contribution < -0.4 is 10.1 Å². The Balaban J connectivity index is 1.83. The van der Waals surface area contributed by atoms with Gasteiger partial charge in [-0.1, -0.05) is 48.0 Å². The van der Waals surface area contributed by atoms with Crippen molar-refractivity contribution in [3.8, 4) is 5.75 Å². The van der Waals surface area contributed by atoms with Crippen LogP contribution >= 0.6 is 0 Å². The zero-order valence-electron chi connectivity index (χ0n) is 13.6. The molecule has 24 heavy (non-hydrogen) atoms. The van der Waals surface area contributed by atoms with Crippen molar-refractivity contribution in [1.82, 2.24) is 14.8 Å². The second-order valence-corrected chi connectivity index (χ2v) is 5.79. The van der Waals surface area contributed by atoms with Crippen LogP contribution in [0.2, 0.25) is 0 Å². The van der Waals surface area contributed by atoms with E-state index in [1.54, 1.807) is 13.4 Å². The lowest BCUT2D eigenvalue weighted by atomic mass is 10.0. The molecule has 0 fully saturated rings. The Bertz CT molecular complexity index is 896. The number of ether oxygens (including phenoxy) is 1. The van der Waals surface area contributed by atoms with E-state index in [-0.39, 0.29) is 6.04 Å². The van der Waals surface area contributed by atoms with E-state index in [1.165, 1.54) is 5.56 Å². The Morgan fingerprint density at radius 2 is 1.88 bits per heavy atom. The zero-order valence-corrected chi connectivity index (χ0v) is 13.6. The topological polar surface area (TPSA) is 52.0 Å². The first-order valence-electron chi connectivity index (χ1n) is 7.84. The fourth-order valence-corrected chi connectivity index (χ4v) is 2.97. The van der Waals surface area contributed by atoms with Gasteiger partial charge in [0.05, 0.1) is 7.11 Å². The molecule has 2 aromatic carbocycles. The van der Waals surface area contributed by atoms with E-state index in [1.807, 2.05) is 22.9 Å². The Morgan fingerprint density at radius 3 is 2.67 bits per heavy atom. The highest BCUT2D eigenvalue weighted by molar-refractivity contribution is 5.77. The number of hydrogen-bond donors (Lipinski definition) is 1. The minimum atomic E-state index is -0.0730. The summed E-state index contributed by atoms with van der Waals surface area (Å²) in [6.07, 6.45) is 3.72. The van der Waals surface area contributed by atoms with Gasteiger partial charge in [-0.3, -0.25) is 0 Å². The second kappa shape index (κ2) is 5.85. The summed E-state index contributed by atoms with van der Waals surface area (Å²) in [7, 11) is 1.69. The standard InChI is InChI=1S/C19H18N4O/c1-13-7-9-14(10-8-13)16-11-17(23-19(22-16)20-12-21-23)15-5-3-4-6-18(15)24-2/h3-12,17H,1-2H3,(H,20,21,22)/t17-/m1/s1. The number of methoxy groups -OCH3 is 1. The number of rotatable bonds is 3. The lowest BCUT2D eigenvalue weighted by molar-refractivity contribution is 0.404. The number of para-hydroxylation sites is 1. The van der Waals surface area contributed by atoms with Gasteiger partial charge in [0, 0.05) is 11.3 Å². The fourth-order valence-electron chi connectivity index (χ4n) is 2.97. The van der Waals surface area contributed by atoms with Gasteiger partial charge in [0.25, 0.3) is 0 Å². The summed E-state index contributed by atoms with van der Waals surface area (Å²) >= 11 is 0. The minimum Gasteiger partial charge on any atom is -0.496 e. The number of aromatic nitrogens is 3. The van der Waals surface area contributed by atoms with Crippen LogP contribution in [0, 0.1) is 6.92 Å². The molecule has 2 heterocycles. The molecule has 0 saturated carbocycles. The summed E-state index contributed by atoms with van der Waals surface area (Å²) in [6.45, 7) is 2.08. The number of allylic oxidation sites excluding steroid dienone is 1. The molecule has 0 saturated heterocycles. The molecule has 1 aromatic heterocycles. The average molecular weight is 318 g/mol. The number of benzene rings is 2. The largest absolute Gasteiger partial charge is 0.496 e. The second-order valence-electron chi connectivity index (χ2n) is 5.79. The molecule has 0 bridgehead atoms. The van der Waals surface area contributed by atoms with Crippen LogP contribution in [0.1, 0.15) is 22.7 Å². The van der Waals surface area contributed by atoms with Crippen molar-refractivity contribution >= 4 is 11.6 Å². The van der Waals surface area contributed by atoms with E-state index in [0.29, 0.717) is 0 Å². The average Bonchev–Trinajstić information content (AvgIpc) is 3.10. The Labute approximate surface area is 140 Å². The highest BCUT2D eigenvalue weighted by atomic mass is 16.5. The van der Waals surface area contributed by atoms with Crippen LogP contribution in [0.3, 0.4) is 0 Å². The Kier molecular flexibility index (Phi) is 3.54. The van der Waals surface area contributed by atoms with Gasteiger partial charge >= 0.3 is 0 Å². The molecule has 5 heteroatoms. The van der Waals surface area contributed by atoms with Crippen LogP contribution in [-0.4, -0.2) is 21.9 Å². The molecule has 1 aliphatic rings. The molecule has 1 N–H and O–H groups in total. The van der Waals surface area contributed by atoms with Crippen LogP contribution in [-0.2, 0) is 0 Å². The molecule has 4 rings (SSSR count). The Hall–Kier alpha value is -3.08. The fraction of sp³-hybridized carbons (Fsp3) is 0.158. The van der Waals surface area contributed by atoms with E-state index in [9.17, 15) is 0 Å². The molecule has 0 spiro atoms. The van der Waals surface area contributed by atoms with E-state index < -0.39 is 0 Å². The third-order valence-electron chi connectivity index (χ3n) is 4.23. The first-order chi connectivity index (χ1) is 11.8. The van der Waals surface area contributed by atoms with Gasteiger partial charge in [0.2, 0.25) is 5.95 Å². The number of nitrogens with one attached hydrogen (secondary N) is 1. The van der Waals surface area contributed by atoms with E-state index in [2.05, 4.69) is 58.7 Å². The van der Waals surface area contributed by atoms with Gasteiger partial charge in [-0.2, -0.15) is 10.1 Å². The third-order valence-corrected chi connectivity index (χ3v) is 4.23. The van der Waals surface area contributed by atoms with E-state index in [4.69, 9.17) is 4.74 Å². The summed E-state index contributed by atoms with van der Waals surface area (Å²) in [6, 6.07) is 16.4. The van der Waals surface area contributed by atoms with Gasteiger partial charge in [-0.05, 0) is 24.6 Å². The first kappa shape index (κ1) is 14.5. The van der Waals surface area contributed by atoms with Gasteiger partial charge in [-0.25, -0.2) is 4.68 Å². The molecule has 0 aliphatic carbocycles. The minimum absolute atomic E-state index is 0.0730. The van der Waals surface area contributed by atoms with Gasteiger partial charge in [0.15, 0.2) is 0 Å². The third kappa shape index (κ3) is 2.44. The molecule has 1 atom stereocenters. The summed E-state index contributed by atoms with van der Waals surface area (Å²) in [5.41, 5.74) is 4.43. The molecule has 120 valence electrons. The molecule has 0 radical (unpaired) electrons. The maximum absolute atomic E-state index is 5.54. The van der Waals surface area contributed by atoms with E-state index in [0.717, 1.165) is 28.5 Å². The molecular formula is C19H18N4O. The number of anilines is 1. The first-order valence-corrected chi connectivity index (χ1v) is 7.84. The zero-order chi connectivity index (χ0) is 16.5. The molecule has 5 nitrogen and oxygen atoms in total. The molecule has 0 amide bonds. The number of nitrogens with zero attached hydrogens (tertiary/aromatic N) is 3.